The normalized spacial score (nSPS) is 11.8. The molecule has 0 unspecified atom stereocenters. The molecule has 3 rings (SSSR count). The van der Waals surface area contributed by atoms with Gasteiger partial charge in [-0.3, -0.25) is 9.44 Å². The second-order valence-corrected chi connectivity index (χ2v) is 10.9. The van der Waals surface area contributed by atoms with Crippen LogP contribution in [0.25, 0.3) is 0 Å². The number of ether oxygens (including phenoxy) is 2. The summed E-state index contributed by atoms with van der Waals surface area (Å²) in [5, 5.41) is 0. The van der Waals surface area contributed by atoms with Crippen molar-refractivity contribution in [3.8, 4) is 11.5 Å². The van der Waals surface area contributed by atoms with Crippen molar-refractivity contribution < 1.29 is 26.3 Å². The van der Waals surface area contributed by atoms with Crippen LogP contribution in [0.3, 0.4) is 0 Å². The van der Waals surface area contributed by atoms with Gasteiger partial charge >= 0.3 is 0 Å². The second-order valence-electron chi connectivity index (χ2n) is 7.52. The van der Waals surface area contributed by atoms with E-state index in [-0.39, 0.29) is 21.4 Å². The summed E-state index contributed by atoms with van der Waals surface area (Å²) in [6.45, 7) is 3.89. The summed E-state index contributed by atoms with van der Waals surface area (Å²) < 4.78 is 66.3. The summed E-state index contributed by atoms with van der Waals surface area (Å²) in [6, 6.07) is 16.5. The lowest BCUT2D eigenvalue weighted by Crippen LogP contribution is -2.15. The number of hydrogen-bond acceptors (Lipinski definition) is 6. The lowest BCUT2D eigenvalue weighted by Gasteiger charge is -2.15. The van der Waals surface area contributed by atoms with Crippen LogP contribution in [0.2, 0.25) is 0 Å². The highest BCUT2D eigenvalue weighted by atomic mass is 32.2. The van der Waals surface area contributed by atoms with E-state index in [1.54, 1.807) is 36.4 Å². The first-order chi connectivity index (χ1) is 15.6. The molecule has 8 nitrogen and oxygen atoms in total. The molecule has 33 heavy (non-hydrogen) atoms. The van der Waals surface area contributed by atoms with Crippen LogP contribution in [0.4, 0.5) is 11.4 Å². The van der Waals surface area contributed by atoms with Gasteiger partial charge in [-0.15, -0.1) is 0 Å². The summed E-state index contributed by atoms with van der Waals surface area (Å²) in [7, 11) is -4.68. The van der Waals surface area contributed by atoms with Gasteiger partial charge < -0.3 is 9.47 Å². The average molecular weight is 491 g/mol. The minimum atomic E-state index is -3.88. The number of sulfonamides is 2. The van der Waals surface area contributed by atoms with E-state index in [9.17, 15) is 16.8 Å². The van der Waals surface area contributed by atoms with Gasteiger partial charge in [0.25, 0.3) is 20.0 Å². The van der Waals surface area contributed by atoms with Crippen molar-refractivity contribution in [3.05, 3.63) is 72.3 Å². The molecule has 0 saturated carbocycles. The fourth-order valence-corrected chi connectivity index (χ4v) is 5.27. The summed E-state index contributed by atoms with van der Waals surface area (Å²) in [5.74, 6) is 1.28. The third-order valence-electron chi connectivity index (χ3n) is 4.89. The molecular formula is C23H26N2O6S2. The molecule has 0 bridgehead atoms. The highest BCUT2D eigenvalue weighted by Crippen LogP contribution is 2.30. The van der Waals surface area contributed by atoms with Gasteiger partial charge in [0, 0.05) is 11.4 Å². The van der Waals surface area contributed by atoms with Gasteiger partial charge in [0.15, 0.2) is 0 Å². The maximum absolute atomic E-state index is 12.9. The Kier molecular flexibility index (Phi) is 7.19. The zero-order chi connectivity index (χ0) is 24.2. The first-order valence-corrected chi connectivity index (χ1v) is 13.0. The molecule has 176 valence electrons. The van der Waals surface area contributed by atoms with Gasteiger partial charge in [-0.25, -0.2) is 16.8 Å². The SMILES string of the molecule is COc1ccc(NS(=O)(=O)c2ccc(NS(=O)(=O)c3ccc(OC)c(C(C)C)c3)cc2)cc1. The Morgan fingerprint density at radius 1 is 0.667 bits per heavy atom. The Labute approximate surface area is 194 Å². The van der Waals surface area contributed by atoms with Crippen LogP contribution in [-0.2, 0) is 20.0 Å². The maximum atomic E-state index is 12.9. The Bertz CT molecular complexity index is 1320. The van der Waals surface area contributed by atoms with E-state index in [1.807, 2.05) is 13.8 Å². The van der Waals surface area contributed by atoms with E-state index in [0.717, 1.165) is 5.56 Å². The number of nitrogens with one attached hydrogen (secondary N) is 2. The fraction of sp³-hybridized carbons (Fsp3) is 0.217. The topological polar surface area (TPSA) is 111 Å². The van der Waals surface area contributed by atoms with Gasteiger partial charge in [-0.2, -0.15) is 0 Å². The predicted molar refractivity (Wildman–Crippen MR) is 128 cm³/mol. The van der Waals surface area contributed by atoms with Crippen LogP contribution in [-0.4, -0.2) is 31.1 Å². The van der Waals surface area contributed by atoms with E-state index in [2.05, 4.69) is 9.44 Å². The molecule has 0 saturated heterocycles. The fourth-order valence-electron chi connectivity index (χ4n) is 3.12. The highest BCUT2D eigenvalue weighted by Gasteiger charge is 2.19. The molecule has 0 atom stereocenters. The summed E-state index contributed by atoms with van der Waals surface area (Å²) in [6.07, 6.45) is 0. The van der Waals surface area contributed by atoms with Gasteiger partial charge in [0.1, 0.15) is 11.5 Å². The predicted octanol–water partition coefficient (Wildman–Crippen LogP) is 4.43. The van der Waals surface area contributed by atoms with Crippen molar-refractivity contribution in [2.75, 3.05) is 23.7 Å². The first-order valence-electron chi connectivity index (χ1n) is 10.0. The van der Waals surface area contributed by atoms with Crippen LogP contribution in [0.15, 0.2) is 76.5 Å². The summed E-state index contributed by atoms with van der Waals surface area (Å²) >= 11 is 0. The van der Waals surface area contributed by atoms with Crippen LogP contribution in [0.5, 0.6) is 11.5 Å². The summed E-state index contributed by atoms with van der Waals surface area (Å²) in [4.78, 5) is 0.0812. The molecule has 3 aromatic carbocycles. The van der Waals surface area contributed by atoms with Crippen LogP contribution < -0.4 is 18.9 Å². The molecule has 0 aliphatic carbocycles. The maximum Gasteiger partial charge on any atom is 0.261 e. The molecule has 0 fully saturated rings. The van der Waals surface area contributed by atoms with E-state index < -0.39 is 20.0 Å². The average Bonchev–Trinajstić information content (AvgIpc) is 2.79. The van der Waals surface area contributed by atoms with E-state index in [1.165, 1.54) is 44.6 Å². The van der Waals surface area contributed by atoms with Crippen LogP contribution in [0, 0.1) is 0 Å². The lowest BCUT2D eigenvalue weighted by molar-refractivity contribution is 0.407. The Morgan fingerprint density at radius 2 is 1.15 bits per heavy atom. The van der Waals surface area contributed by atoms with Crippen LogP contribution >= 0.6 is 0 Å². The molecule has 0 aliphatic rings. The number of methoxy groups -OCH3 is 2. The van der Waals surface area contributed by atoms with Gasteiger partial charge in [0.05, 0.1) is 24.0 Å². The molecule has 0 amide bonds. The van der Waals surface area contributed by atoms with E-state index in [0.29, 0.717) is 17.2 Å². The van der Waals surface area contributed by atoms with Gasteiger partial charge in [-0.1, -0.05) is 13.8 Å². The zero-order valence-electron chi connectivity index (χ0n) is 18.7. The second kappa shape index (κ2) is 9.72. The number of rotatable bonds is 9. The molecule has 0 heterocycles. The smallest absolute Gasteiger partial charge is 0.261 e. The molecule has 0 radical (unpaired) electrons. The molecular weight excluding hydrogens is 464 g/mol. The van der Waals surface area contributed by atoms with Crippen molar-refractivity contribution in [1.82, 2.24) is 0 Å². The monoisotopic (exact) mass is 490 g/mol. The van der Waals surface area contributed by atoms with Gasteiger partial charge in [-0.05, 0) is 78.2 Å². The van der Waals surface area contributed by atoms with Crippen LogP contribution in [0.1, 0.15) is 25.3 Å². The minimum absolute atomic E-state index is 0.00666. The number of benzene rings is 3. The van der Waals surface area contributed by atoms with Crippen molar-refractivity contribution in [1.29, 1.82) is 0 Å². The number of anilines is 2. The number of hydrogen-bond donors (Lipinski definition) is 2. The summed E-state index contributed by atoms with van der Waals surface area (Å²) in [5.41, 5.74) is 1.38. The molecule has 0 aliphatic heterocycles. The zero-order valence-corrected chi connectivity index (χ0v) is 20.3. The third kappa shape index (κ3) is 5.77. The minimum Gasteiger partial charge on any atom is -0.497 e. The highest BCUT2D eigenvalue weighted by molar-refractivity contribution is 7.93. The standard InChI is InChI=1S/C23H26N2O6S2/c1-16(2)22-15-21(13-14-23(22)31-4)33(28,29)25-18-7-11-20(12-8-18)32(26,27)24-17-5-9-19(30-3)10-6-17/h5-16,24-25H,1-4H3. The third-order valence-corrected chi connectivity index (χ3v) is 7.67. The van der Waals surface area contributed by atoms with Crippen molar-refractivity contribution in [2.45, 2.75) is 29.6 Å². The largest absolute Gasteiger partial charge is 0.497 e. The Morgan fingerprint density at radius 3 is 1.64 bits per heavy atom. The Hall–Kier alpha value is -3.24. The quantitative estimate of drug-likeness (QED) is 0.459. The lowest BCUT2D eigenvalue weighted by atomic mass is 10.0. The van der Waals surface area contributed by atoms with E-state index >= 15 is 0 Å². The molecule has 10 heteroatoms. The molecule has 3 aromatic rings. The first kappa shape index (κ1) is 24.4. The van der Waals surface area contributed by atoms with Gasteiger partial charge in [0.2, 0.25) is 0 Å². The van der Waals surface area contributed by atoms with Crippen molar-refractivity contribution in [2.24, 2.45) is 0 Å². The van der Waals surface area contributed by atoms with E-state index in [4.69, 9.17) is 9.47 Å². The Balaban J connectivity index is 1.78. The van der Waals surface area contributed by atoms with Crippen molar-refractivity contribution >= 4 is 31.4 Å². The van der Waals surface area contributed by atoms with Crippen molar-refractivity contribution in [3.63, 3.8) is 0 Å². The molecule has 2 N–H and O–H groups in total. The molecule has 0 spiro atoms. The molecule has 0 aromatic heterocycles.